The van der Waals surface area contributed by atoms with Gasteiger partial charge in [0.1, 0.15) is 0 Å². The summed E-state index contributed by atoms with van der Waals surface area (Å²) < 4.78 is 55.7. The molecule has 0 bridgehead atoms. The molecule has 4 aromatic carbocycles. The molecule has 8 nitrogen and oxygen atoms in total. The number of sulfonamides is 2. The zero-order chi connectivity index (χ0) is 27.5. The first-order chi connectivity index (χ1) is 17.9. The summed E-state index contributed by atoms with van der Waals surface area (Å²) in [5.74, 6) is -0.545. The van der Waals surface area contributed by atoms with Crippen LogP contribution < -0.4 is 14.8 Å². The summed E-state index contributed by atoms with van der Waals surface area (Å²) in [5, 5.41) is 2.69. The topological polar surface area (TPSA) is 121 Å². The van der Waals surface area contributed by atoms with Crippen LogP contribution in [0.15, 0.2) is 101 Å². The van der Waals surface area contributed by atoms with E-state index in [9.17, 15) is 21.6 Å². The first kappa shape index (κ1) is 27.2. The Kier molecular flexibility index (Phi) is 7.77. The van der Waals surface area contributed by atoms with Gasteiger partial charge in [-0.25, -0.2) is 16.8 Å². The van der Waals surface area contributed by atoms with Crippen molar-refractivity contribution in [2.75, 3.05) is 14.8 Å². The van der Waals surface area contributed by atoms with Crippen LogP contribution in [0.4, 0.5) is 17.1 Å². The fourth-order valence-electron chi connectivity index (χ4n) is 3.50. The lowest BCUT2D eigenvalue weighted by atomic mass is 10.2. The minimum Gasteiger partial charge on any atom is -0.322 e. The van der Waals surface area contributed by atoms with Gasteiger partial charge in [0.2, 0.25) is 0 Å². The number of benzene rings is 4. The van der Waals surface area contributed by atoms with Crippen LogP contribution >= 0.6 is 11.6 Å². The van der Waals surface area contributed by atoms with Crippen LogP contribution in [0.3, 0.4) is 0 Å². The van der Waals surface area contributed by atoms with E-state index in [1.54, 1.807) is 37.3 Å². The molecule has 0 aliphatic heterocycles. The van der Waals surface area contributed by atoms with E-state index in [4.69, 9.17) is 11.6 Å². The van der Waals surface area contributed by atoms with Crippen LogP contribution in [0.5, 0.6) is 0 Å². The fourth-order valence-corrected chi connectivity index (χ4v) is 5.95. The van der Waals surface area contributed by atoms with Gasteiger partial charge in [-0.15, -0.1) is 0 Å². The molecule has 196 valence electrons. The maximum Gasteiger partial charge on any atom is 0.261 e. The summed E-state index contributed by atoms with van der Waals surface area (Å²) in [6, 6.07) is 23.2. The van der Waals surface area contributed by atoms with E-state index in [-0.39, 0.29) is 26.1 Å². The highest BCUT2D eigenvalue weighted by molar-refractivity contribution is 7.93. The van der Waals surface area contributed by atoms with Gasteiger partial charge in [0.05, 0.1) is 31.8 Å². The van der Waals surface area contributed by atoms with Gasteiger partial charge in [0.25, 0.3) is 26.0 Å². The quantitative estimate of drug-likeness (QED) is 0.247. The van der Waals surface area contributed by atoms with Gasteiger partial charge < -0.3 is 5.32 Å². The number of nitrogens with one attached hydrogen (secondary N) is 3. The summed E-state index contributed by atoms with van der Waals surface area (Å²) in [4.78, 5) is 12.9. The molecule has 3 N–H and O–H groups in total. The minimum absolute atomic E-state index is 0.0296. The Morgan fingerprint density at radius 1 is 0.684 bits per heavy atom. The van der Waals surface area contributed by atoms with Gasteiger partial charge in [0, 0.05) is 5.69 Å². The maximum atomic E-state index is 12.8. The molecule has 11 heteroatoms. The molecular weight excluding hydrogens is 546 g/mol. The molecule has 1 amide bonds. The van der Waals surface area contributed by atoms with Crippen LogP contribution in [0.25, 0.3) is 0 Å². The molecule has 0 saturated heterocycles. The van der Waals surface area contributed by atoms with Crippen LogP contribution in [0, 0.1) is 13.8 Å². The van der Waals surface area contributed by atoms with E-state index >= 15 is 0 Å². The highest BCUT2D eigenvalue weighted by Gasteiger charge is 2.18. The first-order valence-electron chi connectivity index (χ1n) is 11.3. The highest BCUT2D eigenvalue weighted by Crippen LogP contribution is 2.25. The number of hydrogen-bond acceptors (Lipinski definition) is 5. The summed E-state index contributed by atoms with van der Waals surface area (Å²) in [7, 11) is -7.65. The molecule has 0 atom stereocenters. The zero-order valence-electron chi connectivity index (χ0n) is 20.4. The van der Waals surface area contributed by atoms with E-state index in [1.165, 1.54) is 54.6 Å². The smallest absolute Gasteiger partial charge is 0.261 e. The SMILES string of the molecule is Cc1ccc(S(=O)(=O)Nc2ccc(C(=O)Nc3ccc(S(=O)(=O)Nc4ccccc4C)cc3)c(Cl)c2)cc1. The predicted octanol–water partition coefficient (Wildman–Crippen LogP) is 5.81. The van der Waals surface area contributed by atoms with E-state index in [0.717, 1.165) is 11.1 Å². The number of aryl methyl sites for hydroxylation is 2. The van der Waals surface area contributed by atoms with Crippen molar-refractivity contribution in [1.82, 2.24) is 0 Å². The Bertz CT molecular complexity index is 1700. The standard InChI is InChI=1S/C27H24ClN3O5S2/c1-18-7-12-22(13-8-18)37(33,34)30-21-11-16-24(25(28)17-21)27(32)29-20-9-14-23(15-10-20)38(35,36)31-26-6-4-3-5-19(26)2/h3-17,30-31H,1-2H3,(H,29,32). The molecule has 4 aromatic rings. The van der Waals surface area contributed by atoms with Crippen LogP contribution in [0.1, 0.15) is 21.5 Å². The third-order valence-electron chi connectivity index (χ3n) is 5.61. The molecule has 0 spiro atoms. The summed E-state index contributed by atoms with van der Waals surface area (Å²) >= 11 is 6.28. The van der Waals surface area contributed by atoms with Crippen LogP contribution in [0.2, 0.25) is 5.02 Å². The average Bonchev–Trinajstić information content (AvgIpc) is 2.86. The zero-order valence-corrected chi connectivity index (χ0v) is 22.8. The van der Waals surface area contributed by atoms with Crippen LogP contribution in [-0.2, 0) is 20.0 Å². The van der Waals surface area contributed by atoms with Crippen molar-refractivity contribution in [1.29, 1.82) is 0 Å². The molecule has 0 heterocycles. The van der Waals surface area contributed by atoms with E-state index < -0.39 is 26.0 Å². The van der Waals surface area contributed by atoms with Crippen molar-refractivity contribution in [2.45, 2.75) is 23.6 Å². The molecule has 0 saturated carbocycles. The second-order valence-electron chi connectivity index (χ2n) is 8.51. The second-order valence-corrected chi connectivity index (χ2v) is 12.3. The number of carbonyl (C=O) groups is 1. The summed E-state index contributed by atoms with van der Waals surface area (Å²) in [6.07, 6.45) is 0. The van der Waals surface area contributed by atoms with Gasteiger partial charge in [-0.3, -0.25) is 14.2 Å². The molecule has 0 fully saturated rings. The number of carbonyl (C=O) groups excluding carboxylic acids is 1. The van der Waals surface area contributed by atoms with E-state index in [0.29, 0.717) is 11.4 Å². The highest BCUT2D eigenvalue weighted by atomic mass is 35.5. The molecule has 0 aromatic heterocycles. The Hall–Kier alpha value is -3.86. The average molecular weight is 570 g/mol. The minimum atomic E-state index is -3.83. The second kappa shape index (κ2) is 10.9. The van der Waals surface area contributed by atoms with Gasteiger partial charge in [-0.05, 0) is 80.1 Å². The lowest BCUT2D eigenvalue weighted by molar-refractivity contribution is 0.102. The molecule has 0 aliphatic rings. The molecule has 0 aliphatic carbocycles. The van der Waals surface area contributed by atoms with Crippen molar-refractivity contribution in [3.63, 3.8) is 0 Å². The van der Waals surface area contributed by atoms with Crippen molar-refractivity contribution < 1.29 is 21.6 Å². The lowest BCUT2D eigenvalue weighted by Crippen LogP contribution is -2.15. The van der Waals surface area contributed by atoms with Crippen LogP contribution in [-0.4, -0.2) is 22.7 Å². The molecular formula is C27H24ClN3O5S2. The third kappa shape index (κ3) is 6.34. The lowest BCUT2D eigenvalue weighted by Gasteiger charge is -2.12. The normalized spacial score (nSPS) is 11.6. The van der Waals surface area contributed by atoms with E-state index in [1.807, 2.05) is 13.0 Å². The maximum absolute atomic E-state index is 12.8. The number of anilines is 3. The molecule has 4 rings (SSSR count). The summed E-state index contributed by atoms with van der Waals surface area (Å²) in [5.41, 5.74) is 2.85. The molecule has 38 heavy (non-hydrogen) atoms. The van der Waals surface area contributed by atoms with Crippen molar-refractivity contribution >= 4 is 54.6 Å². The number of halogens is 1. The Morgan fingerprint density at radius 3 is 1.84 bits per heavy atom. The predicted molar refractivity (Wildman–Crippen MR) is 150 cm³/mol. The number of hydrogen-bond donors (Lipinski definition) is 3. The Balaban J connectivity index is 1.44. The van der Waals surface area contributed by atoms with Gasteiger partial charge >= 0.3 is 0 Å². The largest absolute Gasteiger partial charge is 0.322 e. The third-order valence-corrected chi connectivity index (χ3v) is 8.70. The van der Waals surface area contributed by atoms with Gasteiger partial charge in [0.15, 0.2) is 0 Å². The van der Waals surface area contributed by atoms with Gasteiger partial charge in [-0.2, -0.15) is 0 Å². The molecule has 0 unspecified atom stereocenters. The Morgan fingerprint density at radius 2 is 1.24 bits per heavy atom. The fraction of sp³-hybridized carbons (Fsp3) is 0.0741. The number of amides is 1. The van der Waals surface area contributed by atoms with E-state index in [2.05, 4.69) is 14.8 Å². The Labute approximate surface area is 226 Å². The van der Waals surface area contributed by atoms with Crippen molar-refractivity contribution in [3.05, 3.63) is 113 Å². The number of para-hydroxylation sites is 1. The van der Waals surface area contributed by atoms with Crippen molar-refractivity contribution in [2.24, 2.45) is 0 Å². The monoisotopic (exact) mass is 569 g/mol. The summed E-state index contributed by atoms with van der Waals surface area (Å²) in [6.45, 7) is 3.65. The van der Waals surface area contributed by atoms with Crippen molar-refractivity contribution in [3.8, 4) is 0 Å². The number of rotatable bonds is 8. The van der Waals surface area contributed by atoms with Gasteiger partial charge in [-0.1, -0.05) is 47.5 Å². The first-order valence-corrected chi connectivity index (χ1v) is 14.7. The molecule has 0 radical (unpaired) electrons.